The lowest BCUT2D eigenvalue weighted by Crippen LogP contribution is -2.24. The Morgan fingerprint density at radius 1 is 1.70 bits per heavy atom. The van der Waals surface area contributed by atoms with Gasteiger partial charge in [0.25, 0.3) is 0 Å². The number of likely N-dealkylation sites (N-methyl/N-ethyl adjacent to an activating group) is 1. The Balaban J connectivity index is 2.73. The zero-order valence-electron chi connectivity index (χ0n) is 5.98. The third-order valence-corrected chi connectivity index (χ3v) is 2.63. The van der Waals surface area contributed by atoms with Crippen molar-refractivity contribution in [3.8, 4) is 0 Å². The third-order valence-electron chi connectivity index (χ3n) is 1.37. The van der Waals surface area contributed by atoms with Gasteiger partial charge < -0.3 is 4.90 Å². The van der Waals surface area contributed by atoms with E-state index in [4.69, 9.17) is 0 Å². The summed E-state index contributed by atoms with van der Waals surface area (Å²) in [5, 5.41) is -0.544. The molecule has 0 bridgehead atoms. The number of hydrogen-bond donors (Lipinski definition) is 0. The van der Waals surface area contributed by atoms with Crippen LogP contribution in [0.3, 0.4) is 0 Å². The molecular weight excluding hydrogens is 152 g/mol. The maximum atomic E-state index is 10.8. The fourth-order valence-electron chi connectivity index (χ4n) is 0.775. The molecular formula is C5H10N2O2S. The van der Waals surface area contributed by atoms with Crippen molar-refractivity contribution >= 4 is 16.2 Å². The number of hydrogen-bond acceptors (Lipinski definition) is 4. The maximum Gasteiger partial charge on any atom is 0.172 e. The van der Waals surface area contributed by atoms with Crippen LogP contribution >= 0.6 is 0 Å². The van der Waals surface area contributed by atoms with Crippen molar-refractivity contribution in [1.82, 2.24) is 4.90 Å². The average Bonchev–Trinajstić information content (AvgIpc) is 2.11. The number of nitrogens with zero attached hydrogens (tertiary/aromatic N) is 2. The van der Waals surface area contributed by atoms with E-state index in [0.717, 1.165) is 0 Å². The summed E-state index contributed by atoms with van der Waals surface area (Å²) in [6, 6.07) is 0. The van der Waals surface area contributed by atoms with Gasteiger partial charge in [0.05, 0.1) is 12.9 Å². The number of aliphatic imine (C=N–C) groups is 1. The molecule has 0 aliphatic carbocycles. The summed E-state index contributed by atoms with van der Waals surface area (Å²) < 4.78 is 21.7. The molecule has 0 aromatic carbocycles. The van der Waals surface area contributed by atoms with Crippen LogP contribution in [0.1, 0.15) is 0 Å². The maximum absolute atomic E-state index is 10.8. The van der Waals surface area contributed by atoms with Gasteiger partial charge in [-0.05, 0) is 0 Å². The molecule has 10 heavy (non-hydrogen) atoms. The average molecular weight is 162 g/mol. The Labute approximate surface area is 60.5 Å². The molecule has 0 aromatic rings. The van der Waals surface area contributed by atoms with Crippen LogP contribution in [0, 0.1) is 0 Å². The normalized spacial score (nSPS) is 25.8. The fraction of sp³-hybridized carbons (Fsp3) is 0.800. The van der Waals surface area contributed by atoms with E-state index >= 15 is 0 Å². The topological polar surface area (TPSA) is 49.7 Å². The van der Waals surface area contributed by atoms with E-state index in [0.29, 0.717) is 6.54 Å². The van der Waals surface area contributed by atoms with Gasteiger partial charge >= 0.3 is 0 Å². The zero-order chi connectivity index (χ0) is 7.78. The fourth-order valence-corrected chi connectivity index (χ4v) is 1.56. The summed E-state index contributed by atoms with van der Waals surface area (Å²) in [6.45, 7) is 0.485. The highest BCUT2D eigenvalue weighted by Gasteiger charge is 2.23. The molecule has 1 atom stereocenters. The predicted octanol–water partition coefficient (Wildman–Crippen LogP) is -0.669. The van der Waals surface area contributed by atoms with Crippen LogP contribution in [0.2, 0.25) is 0 Å². The van der Waals surface area contributed by atoms with Crippen molar-refractivity contribution in [3.63, 3.8) is 0 Å². The second-order valence-electron chi connectivity index (χ2n) is 2.49. The molecule has 0 saturated carbocycles. The number of sulfone groups is 1. The van der Waals surface area contributed by atoms with Gasteiger partial charge in [0.2, 0.25) is 0 Å². The molecule has 0 aromatic heterocycles. The van der Waals surface area contributed by atoms with E-state index in [1.165, 1.54) is 6.26 Å². The van der Waals surface area contributed by atoms with E-state index in [2.05, 4.69) is 4.99 Å². The van der Waals surface area contributed by atoms with E-state index in [1.54, 1.807) is 18.3 Å². The van der Waals surface area contributed by atoms with Crippen molar-refractivity contribution in [2.24, 2.45) is 4.99 Å². The summed E-state index contributed by atoms with van der Waals surface area (Å²) in [7, 11) is -1.17. The highest BCUT2D eigenvalue weighted by atomic mass is 32.2. The molecule has 4 nitrogen and oxygen atoms in total. The third kappa shape index (κ3) is 1.47. The lowest BCUT2D eigenvalue weighted by molar-refractivity contribution is 0.531. The summed E-state index contributed by atoms with van der Waals surface area (Å²) in [6.07, 6.45) is 2.75. The first kappa shape index (κ1) is 7.53. The molecule has 58 valence electrons. The van der Waals surface area contributed by atoms with Gasteiger partial charge in [-0.15, -0.1) is 0 Å². The van der Waals surface area contributed by atoms with Crippen LogP contribution in [-0.2, 0) is 9.84 Å². The first-order chi connectivity index (χ1) is 4.50. The molecule has 0 spiro atoms. The Bertz CT molecular complexity index is 244. The summed E-state index contributed by atoms with van der Waals surface area (Å²) in [5.41, 5.74) is 0. The van der Waals surface area contributed by atoms with E-state index in [-0.39, 0.29) is 0 Å². The molecule has 0 radical (unpaired) electrons. The zero-order valence-corrected chi connectivity index (χ0v) is 6.80. The van der Waals surface area contributed by atoms with Crippen LogP contribution in [-0.4, -0.2) is 44.9 Å². The van der Waals surface area contributed by atoms with Gasteiger partial charge in [0.15, 0.2) is 15.2 Å². The van der Waals surface area contributed by atoms with Crippen LogP contribution in [0.25, 0.3) is 0 Å². The van der Waals surface area contributed by atoms with Gasteiger partial charge in [-0.25, -0.2) is 8.42 Å². The molecule has 5 heteroatoms. The summed E-state index contributed by atoms with van der Waals surface area (Å²) in [4.78, 5) is 5.56. The minimum Gasteiger partial charge on any atom is -0.363 e. The number of rotatable bonds is 1. The van der Waals surface area contributed by atoms with E-state index in [1.807, 2.05) is 0 Å². The van der Waals surface area contributed by atoms with Gasteiger partial charge in [0, 0.05) is 13.3 Å². The molecule has 0 N–H and O–H groups in total. The standard InChI is InChI=1S/C5H10N2O2S/c1-7-3-5(6-4-7)10(2,8)9/h4-5H,3H2,1-2H3. The Morgan fingerprint density at radius 3 is 2.50 bits per heavy atom. The first-order valence-electron chi connectivity index (χ1n) is 2.92. The molecule has 0 amide bonds. The molecule has 1 unspecified atom stereocenters. The van der Waals surface area contributed by atoms with Gasteiger partial charge in [0.1, 0.15) is 0 Å². The largest absolute Gasteiger partial charge is 0.363 e. The van der Waals surface area contributed by atoms with Gasteiger partial charge in [-0.1, -0.05) is 0 Å². The van der Waals surface area contributed by atoms with E-state index < -0.39 is 15.2 Å². The molecule has 1 rings (SSSR count). The highest BCUT2D eigenvalue weighted by molar-refractivity contribution is 7.91. The molecule has 1 aliphatic rings. The monoisotopic (exact) mass is 162 g/mol. The SMILES string of the molecule is CN1C=NC(S(C)(=O)=O)C1. The lowest BCUT2D eigenvalue weighted by atomic mass is 10.6. The van der Waals surface area contributed by atoms with E-state index in [9.17, 15) is 8.42 Å². The minimum atomic E-state index is -2.98. The summed E-state index contributed by atoms with van der Waals surface area (Å²) in [5.74, 6) is 0. The lowest BCUT2D eigenvalue weighted by Gasteiger charge is -2.07. The van der Waals surface area contributed by atoms with Crippen LogP contribution in [0.4, 0.5) is 0 Å². The summed E-state index contributed by atoms with van der Waals surface area (Å²) >= 11 is 0. The second-order valence-corrected chi connectivity index (χ2v) is 4.69. The van der Waals surface area contributed by atoms with Crippen LogP contribution < -0.4 is 0 Å². The smallest absolute Gasteiger partial charge is 0.172 e. The van der Waals surface area contributed by atoms with Gasteiger partial charge in [-0.2, -0.15) is 0 Å². The van der Waals surface area contributed by atoms with Crippen LogP contribution in [0.15, 0.2) is 4.99 Å². The molecule has 0 fully saturated rings. The Hall–Kier alpha value is -0.580. The van der Waals surface area contributed by atoms with Crippen molar-refractivity contribution < 1.29 is 8.42 Å². The molecule has 0 saturated heterocycles. The Morgan fingerprint density at radius 2 is 2.30 bits per heavy atom. The van der Waals surface area contributed by atoms with Crippen molar-refractivity contribution in [1.29, 1.82) is 0 Å². The predicted molar refractivity (Wildman–Crippen MR) is 39.8 cm³/mol. The second kappa shape index (κ2) is 2.23. The van der Waals surface area contributed by atoms with Gasteiger partial charge in [-0.3, -0.25) is 4.99 Å². The minimum absolute atomic E-state index is 0.485. The molecule has 1 heterocycles. The van der Waals surface area contributed by atoms with Crippen molar-refractivity contribution in [3.05, 3.63) is 0 Å². The Kier molecular flexibility index (Phi) is 1.68. The van der Waals surface area contributed by atoms with Crippen molar-refractivity contribution in [2.75, 3.05) is 19.8 Å². The highest BCUT2D eigenvalue weighted by Crippen LogP contribution is 2.06. The first-order valence-corrected chi connectivity index (χ1v) is 4.88. The quantitative estimate of drug-likeness (QED) is 0.514. The molecule has 1 aliphatic heterocycles. The van der Waals surface area contributed by atoms with Crippen LogP contribution in [0.5, 0.6) is 0 Å². The van der Waals surface area contributed by atoms with Crippen molar-refractivity contribution in [2.45, 2.75) is 5.37 Å².